The van der Waals surface area contributed by atoms with E-state index in [1.54, 1.807) is 4.90 Å². The Bertz CT molecular complexity index is 910. The number of rotatable bonds is 3. The lowest BCUT2D eigenvalue weighted by Gasteiger charge is -2.23. The van der Waals surface area contributed by atoms with E-state index in [1.165, 1.54) is 22.3 Å². The van der Waals surface area contributed by atoms with Crippen molar-refractivity contribution in [2.45, 2.75) is 25.2 Å². The van der Waals surface area contributed by atoms with E-state index >= 15 is 0 Å². The maximum absolute atomic E-state index is 12.7. The van der Waals surface area contributed by atoms with Gasteiger partial charge in [0.2, 0.25) is 0 Å². The number of carboxylic acid groups (broad SMARTS) is 1. The minimum atomic E-state index is -0.774. The first-order valence-corrected chi connectivity index (χ1v) is 9.93. The fourth-order valence-corrected chi connectivity index (χ4v) is 5.46. The molecule has 28 heavy (non-hydrogen) atoms. The zero-order valence-electron chi connectivity index (χ0n) is 15.6. The third kappa shape index (κ3) is 2.45. The molecule has 0 aromatic heterocycles. The number of ether oxygens (including phenoxy) is 1. The maximum atomic E-state index is 12.7. The molecule has 0 spiro atoms. The van der Waals surface area contributed by atoms with Gasteiger partial charge in [-0.25, -0.2) is 4.79 Å². The third-order valence-corrected chi connectivity index (χ3v) is 6.89. The molecule has 5 rings (SSSR count). The van der Waals surface area contributed by atoms with E-state index in [0.29, 0.717) is 13.0 Å². The van der Waals surface area contributed by atoms with Gasteiger partial charge in [0, 0.05) is 19.0 Å². The monoisotopic (exact) mass is 377 g/mol. The number of benzene rings is 2. The Balaban J connectivity index is 1.32. The fraction of sp³-hybridized carbons (Fsp3) is 0.391. The molecule has 144 valence electrons. The van der Waals surface area contributed by atoms with Gasteiger partial charge in [-0.3, -0.25) is 4.79 Å². The van der Waals surface area contributed by atoms with E-state index in [2.05, 4.69) is 24.3 Å². The standard InChI is InChI=1S/C23H23NO4/c25-21(26)23-11-5-6-15(23)12-24(14-23)22(27)28-13-20-18-9-3-1-7-16(18)17-8-2-4-10-19(17)20/h1-4,7-10,15,20H,5-6,11-14H2,(H,25,26)/t15-,23+/m1/s1. The highest BCUT2D eigenvalue weighted by Gasteiger charge is 2.56. The van der Waals surface area contributed by atoms with Gasteiger partial charge in [0.05, 0.1) is 5.41 Å². The fourth-order valence-electron chi connectivity index (χ4n) is 5.46. The second-order valence-electron chi connectivity index (χ2n) is 8.23. The molecule has 1 amide bonds. The zero-order valence-corrected chi connectivity index (χ0v) is 15.6. The molecule has 0 unspecified atom stereocenters. The molecular weight excluding hydrogens is 354 g/mol. The second-order valence-corrected chi connectivity index (χ2v) is 8.23. The highest BCUT2D eigenvalue weighted by Crippen LogP contribution is 2.49. The number of nitrogens with zero attached hydrogens (tertiary/aromatic N) is 1. The molecule has 2 aromatic carbocycles. The minimum absolute atomic E-state index is 0.0203. The number of carbonyl (C=O) groups is 2. The molecule has 0 radical (unpaired) electrons. The molecule has 2 fully saturated rings. The maximum Gasteiger partial charge on any atom is 0.409 e. The van der Waals surface area contributed by atoms with E-state index < -0.39 is 17.5 Å². The Hall–Kier alpha value is -2.82. The summed E-state index contributed by atoms with van der Waals surface area (Å²) >= 11 is 0. The number of aliphatic carboxylic acids is 1. The van der Waals surface area contributed by atoms with Gasteiger partial charge in [-0.05, 0) is 41.0 Å². The first-order valence-electron chi connectivity index (χ1n) is 9.93. The Kier molecular flexibility index (Phi) is 3.93. The summed E-state index contributed by atoms with van der Waals surface area (Å²) in [7, 11) is 0. The average molecular weight is 377 g/mol. The summed E-state index contributed by atoms with van der Waals surface area (Å²) in [5, 5.41) is 9.72. The highest BCUT2D eigenvalue weighted by atomic mass is 16.6. The van der Waals surface area contributed by atoms with E-state index in [-0.39, 0.29) is 25.0 Å². The van der Waals surface area contributed by atoms with Crippen molar-refractivity contribution in [3.8, 4) is 11.1 Å². The number of likely N-dealkylation sites (tertiary alicyclic amines) is 1. The van der Waals surface area contributed by atoms with Gasteiger partial charge >= 0.3 is 12.1 Å². The molecule has 5 nitrogen and oxygen atoms in total. The van der Waals surface area contributed by atoms with Crippen LogP contribution in [0.1, 0.15) is 36.3 Å². The summed E-state index contributed by atoms with van der Waals surface area (Å²) in [4.78, 5) is 26.2. The van der Waals surface area contributed by atoms with Crippen molar-refractivity contribution in [3.63, 3.8) is 0 Å². The van der Waals surface area contributed by atoms with Crippen molar-refractivity contribution < 1.29 is 19.4 Å². The Morgan fingerprint density at radius 2 is 1.71 bits per heavy atom. The van der Waals surface area contributed by atoms with Gasteiger partial charge in [0.1, 0.15) is 6.61 Å². The third-order valence-electron chi connectivity index (χ3n) is 6.89. The van der Waals surface area contributed by atoms with Crippen LogP contribution in [0.15, 0.2) is 48.5 Å². The van der Waals surface area contributed by atoms with E-state index in [0.717, 1.165) is 12.8 Å². The van der Waals surface area contributed by atoms with Crippen molar-refractivity contribution in [2.75, 3.05) is 19.7 Å². The number of fused-ring (bicyclic) bond motifs is 4. The lowest BCUT2D eigenvalue weighted by Crippen LogP contribution is -2.37. The van der Waals surface area contributed by atoms with Crippen LogP contribution in [-0.4, -0.2) is 41.8 Å². The highest BCUT2D eigenvalue weighted by molar-refractivity contribution is 5.80. The number of carbonyl (C=O) groups excluding carboxylic acids is 1. The first kappa shape index (κ1) is 17.3. The van der Waals surface area contributed by atoms with Crippen LogP contribution in [0, 0.1) is 11.3 Å². The van der Waals surface area contributed by atoms with E-state index in [1.807, 2.05) is 24.3 Å². The van der Waals surface area contributed by atoms with Gasteiger partial charge in [0.15, 0.2) is 0 Å². The van der Waals surface area contributed by atoms with Crippen LogP contribution >= 0.6 is 0 Å². The summed E-state index contributed by atoms with van der Waals surface area (Å²) < 4.78 is 5.71. The number of amides is 1. The smallest absolute Gasteiger partial charge is 0.409 e. The number of hydrogen-bond acceptors (Lipinski definition) is 3. The van der Waals surface area contributed by atoms with Gasteiger partial charge in [-0.2, -0.15) is 0 Å². The number of carboxylic acids is 1. The molecule has 0 bridgehead atoms. The summed E-state index contributed by atoms with van der Waals surface area (Å²) in [5.41, 5.74) is 3.97. The summed E-state index contributed by atoms with van der Waals surface area (Å²) in [6, 6.07) is 16.5. The zero-order chi connectivity index (χ0) is 19.3. The summed E-state index contributed by atoms with van der Waals surface area (Å²) in [6.45, 7) is 1.03. The predicted molar refractivity (Wildman–Crippen MR) is 104 cm³/mol. The quantitative estimate of drug-likeness (QED) is 0.874. The molecule has 2 aliphatic carbocycles. The molecule has 1 N–H and O–H groups in total. The topological polar surface area (TPSA) is 66.8 Å². The van der Waals surface area contributed by atoms with E-state index in [9.17, 15) is 14.7 Å². The Labute approximate surface area is 163 Å². The van der Waals surface area contributed by atoms with Crippen LogP contribution in [0.25, 0.3) is 11.1 Å². The van der Waals surface area contributed by atoms with Crippen LogP contribution < -0.4 is 0 Å². The SMILES string of the molecule is O=C(OCC1c2ccccc2-c2ccccc21)N1C[C@H]2CCC[C@]2(C(=O)O)C1. The van der Waals surface area contributed by atoms with Gasteiger partial charge < -0.3 is 14.7 Å². The second kappa shape index (κ2) is 6.36. The Morgan fingerprint density at radius 1 is 1.07 bits per heavy atom. The van der Waals surface area contributed by atoms with Crippen molar-refractivity contribution in [3.05, 3.63) is 59.7 Å². The van der Waals surface area contributed by atoms with Gasteiger partial charge in [-0.15, -0.1) is 0 Å². The number of hydrogen-bond donors (Lipinski definition) is 1. The molecule has 2 aromatic rings. The molecule has 1 saturated carbocycles. The normalized spacial score (nSPS) is 25.3. The van der Waals surface area contributed by atoms with Crippen LogP contribution in [0.5, 0.6) is 0 Å². The Morgan fingerprint density at radius 3 is 2.32 bits per heavy atom. The average Bonchev–Trinajstić information content (AvgIpc) is 3.36. The van der Waals surface area contributed by atoms with Crippen molar-refractivity contribution in [2.24, 2.45) is 11.3 Å². The summed E-state index contributed by atoms with van der Waals surface area (Å²) in [6.07, 6.45) is 2.06. The lowest BCUT2D eigenvalue weighted by atomic mass is 9.81. The minimum Gasteiger partial charge on any atom is -0.481 e. The molecule has 2 atom stereocenters. The predicted octanol–water partition coefficient (Wildman–Crippen LogP) is 4.12. The molecule has 3 aliphatic rings. The van der Waals surface area contributed by atoms with Crippen molar-refractivity contribution in [1.82, 2.24) is 4.90 Å². The van der Waals surface area contributed by atoms with E-state index in [4.69, 9.17) is 4.74 Å². The van der Waals surface area contributed by atoms with Crippen molar-refractivity contribution in [1.29, 1.82) is 0 Å². The van der Waals surface area contributed by atoms with Gasteiger partial charge in [0.25, 0.3) is 0 Å². The van der Waals surface area contributed by atoms with Crippen LogP contribution in [0.4, 0.5) is 4.79 Å². The van der Waals surface area contributed by atoms with Crippen LogP contribution in [-0.2, 0) is 9.53 Å². The molecule has 1 saturated heterocycles. The van der Waals surface area contributed by atoms with Gasteiger partial charge in [-0.1, -0.05) is 55.0 Å². The first-order chi connectivity index (χ1) is 13.6. The lowest BCUT2D eigenvalue weighted by molar-refractivity contribution is -0.149. The largest absolute Gasteiger partial charge is 0.481 e. The molecule has 1 aliphatic heterocycles. The van der Waals surface area contributed by atoms with Crippen LogP contribution in [0.3, 0.4) is 0 Å². The molecule has 5 heteroatoms. The summed E-state index contributed by atoms with van der Waals surface area (Å²) in [5.74, 6) is -0.707. The molecule has 1 heterocycles. The molecular formula is C23H23NO4. The van der Waals surface area contributed by atoms with Crippen molar-refractivity contribution >= 4 is 12.1 Å². The van der Waals surface area contributed by atoms with Crippen LogP contribution in [0.2, 0.25) is 0 Å².